The molecule has 2 aromatic carbocycles. The lowest BCUT2D eigenvalue weighted by Crippen LogP contribution is -2.21. The zero-order valence-corrected chi connectivity index (χ0v) is 13.8. The molecule has 2 aromatic rings. The highest BCUT2D eigenvalue weighted by Gasteiger charge is 2.09. The highest BCUT2D eigenvalue weighted by Crippen LogP contribution is 2.29. The average Bonchev–Trinajstić information content (AvgIpc) is 2.48. The molecule has 0 aliphatic carbocycles. The van der Waals surface area contributed by atoms with E-state index in [2.05, 4.69) is 35.8 Å². The van der Waals surface area contributed by atoms with Gasteiger partial charge in [-0.05, 0) is 24.6 Å². The summed E-state index contributed by atoms with van der Waals surface area (Å²) in [6, 6.07) is 13.4. The Morgan fingerprint density at radius 3 is 2.45 bits per heavy atom. The minimum absolute atomic E-state index is 0.119. The Labute approximate surface area is 140 Å². The minimum atomic E-state index is -0.119. The van der Waals surface area contributed by atoms with E-state index in [1.54, 1.807) is 18.2 Å². The van der Waals surface area contributed by atoms with Gasteiger partial charge in [0.1, 0.15) is 0 Å². The maximum atomic E-state index is 11.9. The Hall–Kier alpha value is -1.55. The van der Waals surface area contributed by atoms with Gasteiger partial charge in [-0.3, -0.25) is 4.79 Å². The van der Waals surface area contributed by atoms with Crippen LogP contribution in [0.3, 0.4) is 0 Å². The van der Waals surface area contributed by atoms with Crippen molar-refractivity contribution in [3.8, 4) is 0 Å². The van der Waals surface area contributed by atoms with Gasteiger partial charge in [0.25, 0.3) is 0 Å². The number of benzene rings is 2. The molecule has 0 bridgehead atoms. The van der Waals surface area contributed by atoms with Crippen LogP contribution in [0.25, 0.3) is 0 Å². The number of amides is 1. The second kappa shape index (κ2) is 8.18. The van der Waals surface area contributed by atoms with Crippen molar-refractivity contribution in [2.45, 2.75) is 19.9 Å². The minimum Gasteiger partial charge on any atom is -0.324 e. The van der Waals surface area contributed by atoms with E-state index in [4.69, 9.17) is 23.2 Å². The number of hydrogen-bond donors (Lipinski definition) is 2. The summed E-state index contributed by atoms with van der Waals surface area (Å²) in [5, 5.41) is 6.87. The lowest BCUT2D eigenvalue weighted by molar-refractivity contribution is -0.116. The fourth-order valence-corrected chi connectivity index (χ4v) is 2.57. The monoisotopic (exact) mass is 336 g/mol. The van der Waals surface area contributed by atoms with E-state index in [1.165, 1.54) is 11.1 Å². The largest absolute Gasteiger partial charge is 0.324 e. The van der Waals surface area contributed by atoms with Crippen molar-refractivity contribution in [2.24, 2.45) is 0 Å². The zero-order valence-electron chi connectivity index (χ0n) is 12.3. The number of carbonyl (C=O) groups excluding carboxylic acids is 1. The van der Waals surface area contributed by atoms with Crippen molar-refractivity contribution in [3.05, 3.63) is 63.6 Å². The molecule has 0 radical (unpaired) electrons. The summed E-state index contributed by atoms with van der Waals surface area (Å²) in [6.45, 7) is 3.38. The third-order valence-corrected chi connectivity index (χ3v) is 3.80. The third kappa shape index (κ3) is 5.02. The van der Waals surface area contributed by atoms with Gasteiger partial charge in [0, 0.05) is 19.5 Å². The second-order valence-corrected chi connectivity index (χ2v) is 5.88. The Bertz CT molecular complexity index is 639. The Morgan fingerprint density at radius 2 is 1.77 bits per heavy atom. The van der Waals surface area contributed by atoms with Crippen LogP contribution in [0, 0.1) is 6.92 Å². The van der Waals surface area contributed by atoms with Crippen molar-refractivity contribution in [1.82, 2.24) is 5.32 Å². The normalized spacial score (nSPS) is 10.5. The second-order valence-electron chi connectivity index (χ2n) is 5.06. The Balaban J connectivity index is 1.76. The highest BCUT2D eigenvalue weighted by molar-refractivity contribution is 6.39. The molecule has 0 aromatic heterocycles. The smallest absolute Gasteiger partial charge is 0.225 e. The lowest BCUT2D eigenvalue weighted by atomic mass is 10.1. The lowest BCUT2D eigenvalue weighted by Gasteiger charge is -2.09. The van der Waals surface area contributed by atoms with Crippen molar-refractivity contribution >= 4 is 34.8 Å². The van der Waals surface area contributed by atoms with Crippen molar-refractivity contribution in [1.29, 1.82) is 0 Å². The van der Waals surface area contributed by atoms with Gasteiger partial charge < -0.3 is 10.6 Å². The topological polar surface area (TPSA) is 41.1 Å². The van der Waals surface area contributed by atoms with E-state index >= 15 is 0 Å². The van der Waals surface area contributed by atoms with Crippen LogP contribution in [0.2, 0.25) is 10.0 Å². The van der Waals surface area contributed by atoms with Crippen LogP contribution in [-0.2, 0) is 11.3 Å². The molecule has 0 saturated carbocycles. The van der Waals surface area contributed by atoms with Crippen LogP contribution in [0.1, 0.15) is 17.5 Å². The standard InChI is InChI=1S/C17H18Cl2N2O/c1-12-4-2-5-13(10-12)11-20-9-8-16(22)21-17-14(18)6-3-7-15(17)19/h2-7,10,20H,8-9,11H2,1H3,(H,21,22). The van der Waals surface area contributed by atoms with Crippen molar-refractivity contribution in [3.63, 3.8) is 0 Å². The fraction of sp³-hybridized carbons (Fsp3) is 0.235. The summed E-state index contributed by atoms with van der Waals surface area (Å²) >= 11 is 12.0. The molecular weight excluding hydrogens is 319 g/mol. The van der Waals surface area contributed by atoms with Gasteiger partial charge >= 0.3 is 0 Å². The van der Waals surface area contributed by atoms with Crippen LogP contribution < -0.4 is 10.6 Å². The molecule has 2 rings (SSSR count). The van der Waals surface area contributed by atoms with Crippen LogP contribution in [0.15, 0.2) is 42.5 Å². The number of hydrogen-bond acceptors (Lipinski definition) is 2. The Kier molecular flexibility index (Phi) is 6.25. The van der Waals surface area contributed by atoms with Crippen LogP contribution in [0.4, 0.5) is 5.69 Å². The molecule has 116 valence electrons. The van der Waals surface area contributed by atoms with Crippen LogP contribution in [-0.4, -0.2) is 12.5 Å². The summed E-state index contributed by atoms with van der Waals surface area (Å²) in [6.07, 6.45) is 0.355. The number of anilines is 1. The molecule has 0 unspecified atom stereocenters. The van der Waals surface area contributed by atoms with Gasteiger partial charge in [0.05, 0.1) is 15.7 Å². The number of carbonyl (C=O) groups is 1. The number of aryl methyl sites for hydroxylation is 1. The molecule has 0 spiro atoms. The quantitative estimate of drug-likeness (QED) is 0.766. The van der Waals surface area contributed by atoms with E-state index in [0.29, 0.717) is 28.7 Å². The molecular formula is C17H18Cl2N2O. The van der Waals surface area contributed by atoms with Gasteiger partial charge in [-0.15, -0.1) is 0 Å². The molecule has 0 aliphatic heterocycles. The summed E-state index contributed by atoms with van der Waals surface area (Å²) in [5.41, 5.74) is 2.90. The number of halogens is 2. The molecule has 0 atom stereocenters. The first-order valence-corrected chi connectivity index (χ1v) is 7.82. The molecule has 0 aliphatic rings. The molecule has 3 nitrogen and oxygen atoms in total. The Morgan fingerprint density at radius 1 is 1.09 bits per heavy atom. The summed E-state index contributed by atoms with van der Waals surface area (Å²) < 4.78 is 0. The van der Waals surface area contributed by atoms with Crippen molar-refractivity contribution in [2.75, 3.05) is 11.9 Å². The van der Waals surface area contributed by atoms with Gasteiger partial charge in [0.15, 0.2) is 0 Å². The number of nitrogens with one attached hydrogen (secondary N) is 2. The van der Waals surface area contributed by atoms with Gasteiger partial charge in [-0.1, -0.05) is 59.1 Å². The van der Waals surface area contributed by atoms with E-state index in [-0.39, 0.29) is 5.91 Å². The van der Waals surface area contributed by atoms with E-state index < -0.39 is 0 Å². The highest BCUT2D eigenvalue weighted by atomic mass is 35.5. The average molecular weight is 337 g/mol. The number of rotatable bonds is 6. The first-order valence-electron chi connectivity index (χ1n) is 7.06. The molecule has 22 heavy (non-hydrogen) atoms. The molecule has 5 heteroatoms. The maximum absolute atomic E-state index is 11.9. The van der Waals surface area contributed by atoms with Gasteiger partial charge in [0.2, 0.25) is 5.91 Å². The first kappa shape index (κ1) is 16.8. The predicted octanol–water partition coefficient (Wildman–Crippen LogP) is 4.42. The van der Waals surface area contributed by atoms with Crippen molar-refractivity contribution < 1.29 is 4.79 Å². The van der Waals surface area contributed by atoms with Gasteiger partial charge in [-0.2, -0.15) is 0 Å². The third-order valence-electron chi connectivity index (χ3n) is 3.17. The number of para-hydroxylation sites is 1. The van der Waals surface area contributed by atoms with E-state index in [9.17, 15) is 4.79 Å². The van der Waals surface area contributed by atoms with Gasteiger partial charge in [-0.25, -0.2) is 0 Å². The van der Waals surface area contributed by atoms with Crippen LogP contribution >= 0.6 is 23.2 Å². The van der Waals surface area contributed by atoms with E-state index in [1.807, 2.05) is 6.07 Å². The predicted molar refractivity (Wildman–Crippen MR) is 92.6 cm³/mol. The summed E-state index contributed by atoms with van der Waals surface area (Å²) in [7, 11) is 0. The van der Waals surface area contributed by atoms with E-state index in [0.717, 1.165) is 6.54 Å². The maximum Gasteiger partial charge on any atom is 0.225 e. The first-order chi connectivity index (χ1) is 10.6. The molecule has 0 saturated heterocycles. The zero-order chi connectivity index (χ0) is 15.9. The summed E-state index contributed by atoms with van der Waals surface area (Å²) in [4.78, 5) is 11.9. The summed E-state index contributed by atoms with van der Waals surface area (Å²) in [5.74, 6) is -0.119. The SMILES string of the molecule is Cc1cccc(CNCCC(=O)Nc2c(Cl)cccc2Cl)c1. The molecule has 0 fully saturated rings. The fourth-order valence-electron chi connectivity index (χ4n) is 2.08. The molecule has 1 amide bonds. The molecule has 2 N–H and O–H groups in total. The van der Waals surface area contributed by atoms with Crippen LogP contribution in [0.5, 0.6) is 0 Å². The molecule has 0 heterocycles.